The van der Waals surface area contributed by atoms with Gasteiger partial charge in [-0.25, -0.2) is 4.79 Å². The molecule has 0 aliphatic carbocycles. The molecule has 0 radical (unpaired) electrons. The molecule has 0 bridgehead atoms. The second-order valence-electron chi connectivity index (χ2n) is 6.91. The fourth-order valence-corrected chi connectivity index (χ4v) is 2.76. The Labute approximate surface area is 167 Å². The molecule has 2 aromatic rings. The number of carboxylic acid groups (broad SMARTS) is 1. The molecular formula is C23H30O5. The van der Waals surface area contributed by atoms with Crippen LogP contribution in [0.1, 0.15) is 38.3 Å². The van der Waals surface area contributed by atoms with E-state index in [2.05, 4.69) is 19.1 Å². The molecule has 1 atom stereocenters. The third-order valence-corrected chi connectivity index (χ3v) is 4.19. The van der Waals surface area contributed by atoms with Crippen molar-refractivity contribution in [2.75, 3.05) is 13.2 Å². The molecule has 152 valence electrons. The average Bonchev–Trinajstić information content (AvgIpc) is 2.67. The van der Waals surface area contributed by atoms with Gasteiger partial charge in [0.1, 0.15) is 11.5 Å². The van der Waals surface area contributed by atoms with Gasteiger partial charge < -0.3 is 19.3 Å². The number of hydrogen-bond acceptors (Lipinski definition) is 4. The van der Waals surface area contributed by atoms with Gasteiger partial charge in [0, 0.05) is 12.8 Å². The maximum atomic E-state index is 11.4. The van der Waals surface area contributed by atoms with Crippen LogP contribution in [0.4, 0.5) is 0 Å². The number of aryl methyl sites for hydroxylation is 1. The van der Waals surface area contributed by atoms with E-state index in [1.54, 1.807) is 0 Å². The minimum Gasteiger partial charge on any atom is -0.493 e. The molecule has 1 unspecified atom stereocenters. The van der Waals surface area contributed by atoms with Gasteiger partial charge in [-0.05, 0) is 55.7 Å². The Balaban J connectivity index is 1.76. The van der Waals surface area contributed by atoms with Crippen LogP contribution >= 0.6 is 0 Å². The van der Waals surface area contributed by atoms with E-state index in [1.807, 2.05) is 50.2 Å². The van der Waals surface area contributed by atoms with Crippen LogP contribution in [0.15, 0.2) is 48.5 Å². The van der Waals surface area contributed by atoms with Gasteiger partial charge in [-0.2, -0.15) is 0 Å². The zero-order valence-corrected chi connectivity index (χ0v) is 16.9. The first kappa shape index (κ1) is 21.8. The topological polar surface area (TPSA) is 65.0 Å². The molecule has 0 saturated carbocycles. The van der Waals surface area contributed by atoms with Crippen LogP contribution in [0.2, 0.25) is 0 Å². The average molecular weight is 386 g/mol. The van der Waals surface area contributed by atoms with Crippen LogP contribution in [0.25, 0.3) is 0 Å². The van der Waals surface area contributed by atoms with Crippen molar-refractivity contribution in [1.82, 2.24) is 0 Å². The number of rotatable bonds is 12. The highest BCUT2D eigenvalue weighted by Crippen LogP contribution is 2.17. The maximum absolute atomic E-state index is 11.4. The van der Waals surface area contributed by atoms with E-state index in [0.29, 0.717) is 19.6 Å². The third kappa shape index (κ3) is 7.61. The number of benzene rings is 2. The summed E-state index contributed by atoms with van der Waals surface area (Å²) in [7, 11) is 0. The zero-order chi connectivity index (χ0) is 20.4. The van der Waals surface area contributed by atoms with Gasteiger partial charge in [0.15, 0.2) is 6.10 Å². The molecule has 0 aliphatic rings. The Morgan fingerprint density at radius 3 is 2.25 bits per heavy atom. The van der Waals surface area contributed by atoms with Crippen LogP contribution in [0.5, 0.6) is 11.5 Å². The van der Waals surface area contributed by atoms with Gasteiger partial charge in [0.2, 0.25) is 0 Å². The second-order valence-corrected chi connectivity index (χ2v) is 6.91. The smallest absolute Gasteiger partial charge is 0.333 e. The lowest BCUT2D eigenvalue weighted by Crippen LogP contribution is -2.29. The van der Waals surface area contributed by atoms with Crippen molar-refractivity contribution in [3.05, 3.63) is 59.7 Å². The largest absolute Gasteiger partial charge is 0.493 e. The van der Waals surface area contributed by atoms with Gasteiger partial charge in [0.25, 0.3) is 0 Å². The molecule has 5 heteroatoms. The lowest BCUT2D eigenvalue weighted by molar-refractivity contribution is -0.153. The van der Waals surface area contributed by atoms with Gasteiger partial charge in [-0.1, -0.05) is 31.2 Å². The Morgan fingerprint density at radius 2 is 1.64 bits per heavy atom. The highest BCUT2D eigenvalue weighted by atomic mass is 16.5. The molecule has 0 fully saturated rings. The molecule has 0 saturated heterocycles. The highest BCUT2D eigenvalue weighted by molar-refractivity contribution is 5.72. The van der Waals surface area contributed by atoms with E-state index in [0.717, 1.165) is 29.9 Å². The lowest BCUT2D eigenvalue weighted by atomic mass is 10.1. The van der Waals surface area contributed by atoms with E-state index >= 15 is 0 Å². The van der Waals surface area contributed by atoms with Gasteiger partial charge in [-0.15, -0.1) is 0 Å². The first-order chi connectivity index (χ1) is 13.5. The van der Waals surface area contributed by atoms with Gasteiger partial charge in [-0.3, -0.25) is 0 Å². The second kappa shape index (κ2) is 11.3. The summed E-state index contributed by atoms with van der Waals surface area (Å²) in [6.07, 6.45) is 1.08. The summed E-state index contributed by atoms with van der Waals surface area (Å²) in [4.78, 5) is 11.4. The summed E-state index contributed by atoms with van der Waals surface area (Å²) in [5, 5.41) is 9.31. The Kier molecular flexibility index (Phi) is 8.82. The molecule has 2 aromatic carbocycles. The SMILES string of the molecule is CCc1ccc(OCCCOc2cccc(CC(OC(C)C)C(=O)O)c2)cc1. The van der Waals surface area contributed by atoms with Crippen molar-refractivity contribution < 1.29 is 24.1 Å². The summed E-state index contributed by atoms with van der Waals surface area (Å²) in [5.74, 6) is 0.631. The van der Waals surface area contributed by atoms with Crippen molar-refractivity contribution in [3.8, 4) is 11.5 Å². The minimum atomic E-state index is -0.955. The van der Waals surface area contributed by atoms with E-state index < -0.39 is 12.1 Å². The van der Waals surface area contributed by atoms with Crippen LogP contribution in [-0.2, 0) is 22.4 Å². The molecule has 0 aromatic heterocycles. The lowest BCUT2D eigenvalue weighted by Gasteiger charge is -2.17. The highest BCUT2D eigenvalue weighted by Gasteiger charge is 2.20. The van der Waals surface area contributed by atoms with Crippen molar-refractivity contribution in [3.63, 3.8) is 0 Å². The van der Waals surface area contributed by atoms with Gasteiger partial charge in [0.05, 0.1) is 19.3 Å². The number of hydrogen-bond donors (Lipinski definition) is 1. The third-order valence-electron chi connectivity index (χ3n) is 4.19. The molecule has 2 rings (SSSR count). The zero-order valence-electron chi connectivity index (χ0n) is 16.9. The van der Waals surface area contributed by atoms with Crippen molar-refractivity contribution >= 4 is 5.97 Å². The van der Waals surface area contributed by atoms with Crippen LogP contribution < -0.4 is 9.47 Å². The molecular weight excluding hydrogens is 356 g/mol. The number of carboxylic acids is 1. The molecule has 1 N–H and O–H groups in total. The first-order valence-electron chi connectivity index (χ1n) is 9.79. The predicted octanol–water partition coefficient (Wildman–Crippen LogP) is 4.52. The monoisotopic (exact) mass is 386 g/mol. The van der Waals surface area contributed by atoms with Crippen molar-refractivity contribution in [1.29, 1.82) is 0 Å². The summed E-state index contributed by atoms with van der Waals surface area (Å²) < 4.78 is 17.0. The fourth-order valence-electron chi connectivity index (χ4n) is 2.76. The number of ether oxygens (including phenoxy) is 3. The van der Waals surface area contributed by atoms with E-state index in [4.69, 9.17) is 14.2 Å². The first-order valence-corrected chi connectivity index (χ1v) is 9.79. The van der Waals surface area contributed by atoms with E-state index in [1.165, 1.54) is 5.56 Å². The molecule has 0 spiro atoms. The van der Waals surface area contributed by atoms with Crippen LogP contribution in [0.3, 0.4) is 0 Å². The van der Waals surface area contributed by atoms with Crippen LogP contribution in [0, 0.1) is 0 Å². The van der Waals surface area contributed by atoms with Crippen molar-refractivity contribution in [2.45, 2.75) is 52.2 Å². The van der Waals surface area contributed by atoms with E-state index in [9.17, 15) is 9.90 Å². The maximum Gasteiger partial charge on any atom is 0.333 e. The van der Waals surface area contributed by atoms with E-state index in [-0.39, 0.29) is 6.10 Å². The molecule has 5 nitrogen and oxygen atoms in total. The minimum absolute atomic E-state index is 0.140. The Morgan fingerprint density at radius 1 is 0.964 bits per heavy atom. The molecule has 0 amide bonds. The summed E-state index contributed by atoms with van der Waals surface area (Å²) >= 11 is 0. The molecule has 0 aliphatic heterocycles. The number of aliphatic carboxylic acids is 1. The summed E-state index contributed by atoms with van der Waals surface area (Å²) in [6.45, 7) is 6.89. The normalized spacial score (nSPS) is 12.0. The quantitative estimate of drug-likeness (QED) is 0.544. The molecule has 28 heavy (non-hydrogen) atoms. The fraction of sp³-hybridized carbons (Fsp3) is 0.435. The predicted molar refractivity (Wildman–Crippen MR) is 109 cm³/mol. The summed E-state index contributed by atoms with van der Waals surface area (Å²) in [5.41, 5.74) is 2.16. The Bertz CT molecular complexity index is 724. The standard InChI is InChI=1S/C23H30O5/c1-4-18-9-11-20(12-10-18)26-13-6-14-27-21-8-5-7-19(15-21)16-22(23(24)25)28-17(2)3/h5,7-12,15,17,22H,4,6,13-14,16H2,1-3H3,(H,24,25). The van der Waals surface area contributed by atoms with Crippen LogP contribution in [-0.4, -0.2) is 36.5 Å². The molecule has 0 heterocycles. The van der Waals surface area contributed by atoms with Gasteiger partial charge >= 0.3 is 5.97 Å². The number of carbonyl (C=O) groups is 1. The summed E-state index contributed by atoms with van der Waals surface area (Å²) in [6, 6.07) is 15.6. The Hall–Kier alpha value is -2.53. The van der Waals surface area contributed by atoms with Crippen molar-refractivity contribution in [2.24, 2.45) is 0 Å².